The van der Waals surface area contributed by atoms with Gasteiger partial charge in [0.25, 0.3) is 0 Å². The third kappa shape index (κ3) is 3.64. The van der Waals surface area contributed by atoms with E-state index < -0.39 is 0 Å². The first-order valence-electron chi connectivity index (χ1n) is 7.68. The van der Waals surface area contributed by atoms with Crippen LogP contribution < -0.4 is 0 Å². The number of halogens is 1. The van der Waals surface area contributed by atoms with E-state index in [0.717, 1.165) is 17.5 Å². The minimum Gasteiger partial charge on any atom is -0.349 e. The van der Waals surface area contributed by atoms with Crippen LogP contribution in [-0.2, 0) is 16.0 Å². The maximum absolute atomic E-state index is 13.4. The lowest BCUT2D eigenvalue weighted by molar-refractivity contribution is -0.134. The molecule has 1 aromatic carbocycles. The van der Waals surface area contributed by atoms with Crippen molar-refractivity contribution in [2.24, 2.45) is 0 Å². The summed E-state index contributed by atoms with van der Waals surface area (Å²) in [6.45, 7) is 2.58. The van der Waals surface area contributed by atoms with Crippen LogP contribution in [0.3, 0.4) is 0 Å². The Bertz CT molecular complexity index is 572. The van der Waals surface area contributed by atoms with E-state index in [4.69, 9.17) is 0 Å². The van der Waals surface area contributed by atoms with Crippen LogP contribution in [0.2, 0.25) is 0 Å². The summed E-state index contributed by atoms with van der Waals surface area (Å²) < 4.78 is 13.4. The zero-order valence-corrected chi connectivity index (χ0v) is 13.4. The molecule has 4 nitrogen and oxygen atoms in total. The van der Waals surface area contributed by atoms with E-state index in [1.165, 1.54) is 17.0 Å². The molecular weight excluding hydrogens is 283 g/mol. The standard InChI is InChI=1S/C17H23FN2O2/c1-12-15-11-14(18)8-7-13(15)9-10-20(12)17(22)6-4-5-16(21)19(2)3/h7-8,11-12H,4-6,9-10H2,1-3H3/t12-/m0/s1. The Morgan fingerprint density at radius 1 is 1.32 bits per heavy atom. The molecule has 2 amide bonds. The molecular formula is C17H23FN2O2. The number of carbonyl (C=O) groups is 2. The summed E-state index contributed by atoms with van der Waals surface area (Å²) in [4.78, 5) is 27.2. The fraction of sp³-hybridized carbons (Fsp3) is 0.529. The van der Waals surface area contributed by atoms with Crippen molar-refractivity contribution < 1.29 is 14.0 Å². The first-order chi connectivity index (χ1) is 10.4. The van der Waals surface area contributed by atoms with E-state index in [1.54, 1.807) is 25.1 Å². The van der Waals surface area contributed by atoms with Crippen LogP contribution >= 0.6 is 0 Å². The maximum atomic E-state index is 13.4. The van der Waals surface area contributed by atoms with Crippen LogP contribution in [0, 0.1) is 5.82 Å². The molecule has 0 saturated carbocycles. The van der Waals surface area contributed by atoms with Crippen LogP contribution in [0.15, 0.2) is 18.2 Å². The maximum Gasteiger partial charge on any atom is 0.223 e. The quantitative estimate of drug-likeness (QED) is 0.857. The van der Waals surface area contributed by atoms with Gasteiger partial charge in [0.05, 0.1) is 6.04 Å². The predicted octanol–water partition coefficient (Wildman–Crippen LogP) is 2.53. The molecule has 0 radical (unpaired) electrons. The van der Waals surface area contributed by atoms with Gasteiger partial charge in [-0.15, -0.1) is 0 Å². The van der Waals surface area contributed by atoms with Gasteiger partial charge < -0.3 is 9.80 Å². The molecule has 0 spiro atoms. The minimum atomic E-state index is -0.267. The van der Waals surface area contributed by atoms with Crippen molar-refractivity contribution in [2.45, 2.75) is 38.6 Å². The van der Waals surface area contributed by atoms with Crippen molar-refractivity contribution in [3.8, 4) is 0 Å². The topological polar surface area (TPSA) is 40.6 Å². The van der Waals surface area contributed by atoms with Crippen LogP contribution in [0.1, 0.15) is 43.4 Å². The average Bonchev–Trinajstić information content (AvgIpc) is 2.47. The van der Waals surface area contributed by atoms with E-state index in [0.29, 0.717) is 25.8 Å². The fourth-order valence-corrected chi connectivity index (χ4v) is 2.88. The zero-order chi connectivity index (χ0) is 16.3. The molecule has 22 heavy (non-hydrogen) atoms. The number of carbonyl (C=O) groups excluding carboxylic acids is 2. The second kappa shape index (κ2) is 6.90. The molecule has 0 bridgehead atoms. The molecule has 120 valence electrons. The lowest BCUT2D eigenvalue weighted by Crippen LogP contribution is -2.38. The van der Waals surface area contributed by atoms with Crippen LogP contribution in [-0.4, -0.2) is 42.3 Å². The Morgan fingerprint density at radius 3 is 2.73 bits per heavy atom. The van der Waals surface area contributed by atoms with E-state index in [2.05, 4.69) is 0 Å². The van der Waals surface area contributed by atoms with Crippen molar-refractivity contribution in [3.63, 3.8) is 0 Å². The number of hydrogen-bond donors (Lipinski definition) is 0. The number of amides is 2. The van der Waals surface area contributed by atoms with Gasteiger partial charge in [0, 0.05) is 33.5 Å². The number of nitrogens with zero attached hydrogens (tertiary/aromatic N) is 2. The zero-order valence-electron chi connectivity index (χ0n) is 13.4. The molecule has 0 unspecified atom stereocenters. The Labute approximate surface area is 130 Å². The van der Waals surface area contributed by atoms with Crippen LogP contribution in [0.4, 0.5) is 4.39 Å². The third-order valence-electron chi connectivity index (χ3n) is 4.25. The predicted molar refractivity (Wildman–Crippen MR) is 82.8 cm³/mol. The average molecular weight is 306 g/mol. The first-order valence-corrected chi connectivity index (χ1v) is 7.68. The van der Waals surface area contributed by atoms with Crippen molar-refractivity contribution in [1.29, 1.82) is 0 Å². The number of fused-ring (bicyclic) bond motifs is 1. The summed E-state index contributed by atoms with van der Waals surface area (Å²) in [6.07, 6.45) is 2.04. The molecule has 1 aliphatic rings. The molecule has 0 aliphatic carbocycles. The summed E-state index contributed by atoms with van der Waals surface area (Å²) in [7, 11) is 3.42. The van der Waals surface area contributed by atoms with Crippen LogP contribution in [0.25, 0.3) is 0 Å². The second-order valence-corrected chi connectivity index (χ2v) is 6.00. The van der Waals surface area contributed by atoms with E-state index in [-0.39, 0.29) is 23.7 Å². The third-order valence-corrected chi connectivity index (χ3v) is 4.25. The highest BCUT2D eigenvalue weighted by Gasteiger charge is 2.27. The Kier molecular flexibility index (Phi) is 5.16. The van der Waals surface area contributed by atoms with Gasteiger partial charge in [0.15, 0.2) is 0 Å². The lowest BCUT2D eigenvalue weighted by Gasteiger charge is -2.35. The van der Waals surface area contributed by atoms with Crippen molar-refractivity contribution in [3.05, 3.63) is 35.1 Å². The van der Waals surface area contributed by atoms with E-state index >= 15 is 0 Å². The SMILES string of the molecule is C[C@H]1c2cc(F)ccc2CCN1C(=O)CCCC(=O)N(C)C. The van der Waals surface area contributed by atoms with Gasteiger partial charge >= 0.3 is 0 Å². The summed E-state index contributed by atoms with van der Waals surface area (Å²) in [5, 5.41) is 0. The molecule has 0 N–H and O–H groups in total. The molecule has 1 aromatic rings. The number of rotatable bonds is 4. The Morgan fingerprint density at radius 2 is 2.05 bits per heavy atom. The highest BCUT2D eigenvalue weighted by Crippen LogP contribution is 2.30. The highest BCUT2D eigenvalue weighted by molar-refractivity contribution is 5.79. The van der Waals surface area contributed by atoms with E-state index in [1.807, 2.05) is 6.92 Å². The van der Waals surface area contributed by atoms with Gasteiger partial charge in [0.1, 0.15) is 5.82 Å². The minimum absolute atomic E-state index is 0.0342. The lowest BCUT2D eigenvalue weighted by atomic mass is 9.93. The normalized spacial score (nSPS) is 17.1. The summed E-state index contributed by atoms with van der Waals surface area (Å²) >= 11 is 0. The molecule has 1 aliphatic heterocycles. The smallest absolute Gasteiger partial charge is 0.223 e. The molecule has 0 fully saturated rings. The van der Waals surface area contributed by atoms with Gasteiger partial charge in [-0.25, -0.2) is 4.39 Å². The Hall–Kier alpha value is -1.91. The van der Waals surface area contributed by atoms with Gasteiger partial charge in [-0.05, 0) is 43.0 Å². The Balaban J connectivity index is 1.96. The fourth-order valence-electron chi connectivity index (χ4n) is 2.88. The summed E-state index contributed by atoms with van der Waals surface area (Å²) in [6, 6.07) is 4.68. The van der Waals surface area contributed by atoms with Crippen molar-refractivity contribution in [1.82, 2.24) is 9.80 Å². The molecule has 0 aromatic heterocycles. The molecule has 1 atom stereocenters. The molecule has 1 heterocycles. The summed E-state index contributed by atoms with van der Waals surface area (Å²) in [5.74, 6) is -0.197. The van der Waals surface area contributed by atoms with Gasteiger partial charge in [-0.2, -0.15) is 0 Å². The van der Waals surface area contributed by atoms with Crippen molar-refractivity contribution in [2.75, 3.05) is 20.6 Å². The number of hydrogen-bond acceptors (Lipinski definition) is 2. The van der Waals surface area contributed by atoms with Gasteiger partial charge in [-0.3, -0.25) is 9.59 Å². The largest absolute Gasteiger partial charge is 0.349 e. The number of benzene rings is 1. The summed E-state index contributed by atoms with van der Waals surface area (Å²) in [5.41, 5.74) is 2.00. The molecule has 0 saturated heterocycles. The molecule has 2 rings (SSSR count). The van der Waals surface area contributed by atoms with Crippen molar-refractivity contribution >= 4 is 11.8 Å². The van der Waals surface area contributed by atoms with Gasteiger partial charge in [-0.1, -0.05) is 6.07 Å². The highest BCUT2D eigenvalue weighted by atomic mass is 19.1. The van der Waals surface area contributed by atoms with Gasteiger partial charge in [0.2, 0.25) is 11.8 Å². The van der Waals surface area contributed by atoms with Crippen LogP contribution in [0.5, 0.6) is 0 Å². The molecule has 5 heteroatoms. The monoisotopic (exact) mass is 306 g/mol. The first kappa shape index (κ1) is 16.5. The second-order valence-electron chi connectivity index (χ2n) is 6.00. The van der Waals surface area contributed by atoms with E-state index in [9.17, 15) is 14.0 Å².